The van der Waals surface area contributed by atoms with Gasteiger partial charge in [0.05, 0.1) is 10.6 Å². The van der Waals surface area contributed by atoms with Gasteiger partial charge in [-0.1, -0.05) is 18.2 Å². The maximum absolute atomic E-state index is 12.7. The smallest absolute Gasteiger partial charge is 0.266 e. The van der Waals surface area contributed by atoms with E-state index in [-0.39, 0.29) is 5.91 Å². The lowest BCUT2D eigenvalue weighted by atomic mass is 10.2. The highest BCUT2D eigenvalue weighted by molar-refractivity contribution is 8.18. The highest BCUT2D eigenvalue weighted by atomic mass is 32.2. The van der Waals surface area contributed by atoms with Crippen molar-refractivity contribution in [3.8, 4) is 0 Å². The van der Waals surface area contributed by atoms with Crippen molar-refractivity contribution in [1.82, 2.24) is 4.90 Å². The number of benzene rings is 2. The molecule has 0 atom stereocenters. The van der Waals surface area contributed by atoms with Crippen LogP contribution in [-0.4, -0.2) is 42.4 Å². The van der Waals surface area contributed by atoms with E-state index >= 15 is 0 Å². The van der Waals surface area contributed by atoms with Crippen molar-refractivity contribution in [2.75, 3.05) is 31.3 Å². The first-order valence-electron chi connectivity index (χ1n) is 9.39. The molecule has 1 amide bonds. The summed E-state index contributed by atoms with van der Waals surface area (Å²) in [4.78, 5) is 23.2. The van der Waals surface area contributed by atoms with Crippen molar-refractivity contribution in [2.24, 2.45) is 4.99 Å². The van der Waals surface area contributed by atoms with Crippen LogP contribution in [0.5, 0.6) is 0 Å². The minimum absolute atomic E-state index is 0.00612. The molecular formula is C22H23N3OS2. The number of nitrogens with zero attached hydrogens (tertiary/aromatic N) is 3. The SMILES string of the molecule is CSc1cccc(N=C2S/C(=C/c3ccc(N4CCCC4)cc3)C(=O)N2C)c1. The van der Waals surface area contributed by atoms with Crippen LogP contribution in [0.3, 0.4) is 0 Å². The second kappa shape index (κ2) is 8.45. The van der Waals surface area contributed by atoms with Gasteiger partial charge in [-0.15, -0.1) is 11.8 Å². The lowest BCUT2D eigenvalue weighted by Gasteiger charge is -2.17. The molecule has 4 nitrogen and oxygen atoms in total. The Bertz CT molecular complexity index is 931. The van der Waals surface area contributed by atoms with E-state index in [4.69, 9.17) is 0 Å². The number of hydrogen-bond acceptors (Lipinski definition) is 5. The van der Waals surface area contributed by atoms with Crippen LogP contribution in [0.2, 0.25) is 0 Å². The number of carbonyl (C=O) groups is 1. The van der Waals surface area contributed by atoms with Crippen molar-refractivity contribution in [2.45, 2.75) is 17.7 Å². The van der Waals surface area contributed by atoms with Crippen LogP contribution in [0.25, 0.3) is 6.08 Å². The van der Waals surface area contributed by atoms with E-state index in [1.165, 1.54) is 30.3 Å². The normalized spacial score (nSPS) is 20.0. The number of thioether (sulfide) groups is 2. The fraction of sp³-hybridized carbons (Fsp3) is 0.273. The highest BCUT2D eigenvalue weighted by Crippen LogP contribution is 2.34. The molecule has 2 saturated heterocycles. The number of likely N-dealkylation sites (N-methyl/N-ethyl adjacent to an activating group) is 1. The Hall–Kier alpha value is -2.18. The van der Waals surface area contributed by atoms with Gasteiger partial charge >= 0.3 is 0 Å². The van der Waals surface area contributed by atoms with E-state index in [1.807, 2.05) is 30.5 Å². The van der Waals surface area contributed by atoms with Crippen molar-refractivity contribution >= 4 is 52.0 Å². The molecule has 2 aliphatic rings. The van der Waals surface area contributed by atoms with Crippen LogP contribution in [0, 0.1) is 0 Å². The van der Waals surface area contributed by atoms with Gasteiger partial charge in [0, 0.05) is 30.7 Å². The molecule has 0 radical (unpaired) electrons. The largest absolute Gasteiger partial charge is 0.372 e. The van der Waals surface area contributed by atoms with Crippen molar-refractivity contribution in [3.05, 3.63) is 59.0 Å². The molecule has 0 saturated carbocycles. The summed E-state index contributed by atoms with van der Waals surface area (Å²) in [6.07, 6.45) is 6.54. The third-order valence-corrected chi connectivity index (χ3v) is 6.73. The second-order valence-corrected chi connectivity index (χ2v) is 8.75. The molecule has 0 bridgehead atoms. The molecule has 28 heavy (non-hydrogen) atoms. The van der Waals surface area contributed by atoms with Gasteiger partial charge in [-0.25, -0.2) is 4.99 Å². The molecule has 2 aromatic carbocycles. The zero-order valence-electron chi connectivity index (χ0n) is 16.1. The summed E-state index contributed by atoms with van der Waals surface area (Å²) >= 11 is 3.11. The summed E-state index contributed by atoms with van der Waals surface area (Å²) in [5.41, 5.74) is 3.17. The predicted molar refractivity (Wildman–Crippen MR) is 122 cm³/mol. The Balaban J connectivity index is 1.53. The van der Waals surface area contributed by atoms with Gasteiger partial charge in [0.1, 0.15) is 0 Å². The monoisotopic (exact) mass is 409 g/mol. The first kappa shape index (κ1) is 19.2. The molecule has 0 aliphatic carbocycles. The first-order chi connectivity index (χ1) is 13.6. The quantitative estimate of drug-likeness (QED) is 0.511. The van der Waals surface area contributed by atoms with Crippen LogP contribution in [0.4, 0.5) is 11.4 Å². The van der Waals surface area contributed by atoms with Crippen LogP contribution < -0.4 is 4.90 Å². The Morgan fingerprint density at radius 1 is 1.11 bits per heavy atom. The minimum Gasteiger partial charge on any atom is -0.372 e. The molecular weight excluding hydrogens is 386 g/mol. The van der Waals surface area contributed by atoms with Gasteiger partial charge in [0.2, 0.25) is 0 Å². The van der Waals surface area contributed by atoms with Gasteiger partial charge in [-0.3, -0.25) is 9.69 Å². The minimum atomic E-state index is -0.00612. The lowest BCUT2D eigenvalue weighted by molar-refractivity contribution is -0.121. The van der Waals surface area contributed by atoms with Gasteiger partial charge in [-0.05, 0) is 72.8 Å². The van der Waals surface area contributed by atoms with E-state index in [0.29, 0.717) is 10.1 Å². The van der Waals surface area contributed by atoms with Gasteiger partial charge in [-0.2, -0.15) is 0 Å². The summed E-state index contributed by atoms with van der Waals surface area (Å²) in [6.45, 7) is 2.27. The molecule has 4 rings (SSSR count). The molecule has 0 unspecified atom stereocenters. The number of carbonyl (C=O) groups excluding carboxylic acids is 1. The maximum atomic E-state index is 12.7. The summed E-state index contributed by atoms with van der Waals surface area (Å²) in [6, 6.07) is 16.5. The van der Waals surface area contributed by atoms with Crippen molar-refractivity contribution < 1.29 is 4.79 Å². The Kier molecular flexibility index (Phi) is 5.78. The van der Waals surface area contributed by atoms with Crippen LogP contribution in [0.1, 0.15) is 18.4 Å². The Morgan fingerprint density at radius 3 is 2.57 bits per heavy atom. The number of hydrogen-bond donors (Lipinski definition) is 0. The standard InChI is InChI=1S/C22H23N3OS2/c1-24-21(26)20(28-22(24)23-17-6-5-7-19(15-17)27-2)14-16-8-10-18(11-9-16)25-12-3-4-13-25/h5-11,14-15H,3-4,12-13H2,1-2H3/b20-14+,23-22?. The molecule has 2 heterocycles. The third kappa shape index (κ3) is 4.13. The van der Waals surface area contributed by atoms with Gasteiger partial charge in [0.25, 0.3) is 5.91 Å². The Morgan fingerprint density at radius 2 is 1.86 bits per heavy atom. The third-order valence-electron chi connectivity index (χ3n) is 4.94. The zero-order chi connectivity index (χ0) is 19.5. The number of amidine groups is 1. The fourth-order valence-electron chi connectivity index (χ4n) is 3.35. The Labute approximate surface area is 174 Å². The summed E-state index contributed by atoms with van der Waals surface area (Å²) in [5, 5.41) is 0.711. The van der Waals surface area contributed by atoms with Crippen molar-refractivity contribution in [1.29, 1.82) is 0 Å². The first-order valence-corrected chi connectivity index (χ1v) is 11.4. The molecule has 2 aliphatic heterocycles. The molecule has 144 valence electrons. The average molecular weight is 410 g/mol. The second-order valence-electron chi connectivity index (χ2n) is 6.86. The van der Waals surface area contributed by atoms with Crippen molar-refractivity contribution in [3.63, 3.8) is 0 Å². The van der Waals surface area contributed by atoms with Crippen LogP contribution in [-0.2, 0) is 4.79 Å². The summed E-state index contributed by atoms with van der Waals surface area (Å²) in [5.74, 6) is -0.00612. The lowest BCUT2D eigenvalue weighted by Crippen LogP contribution is -2.23. The molecule has 6 heteroatoms. The van der Waals surface area contributed by atoms with Crippen LogP contribution >= 0.6 is 23.5 Å². The number of anilines is 1. The summed E-state index contributed by atoms with van der Waals surface area (Å²) < 4.78 is 0. The van der Waals surface area contributed by atoms with Gasteiger partial charge < -0.3 is 4.90 Å². The molecule has 0 N–H and O–H groups in total. The van der Waals surface area contributed by atoms with E-state index in [2.05, 4.69) is 40.2 Å². The van der Waals surface area contributed by atoms with E-state index in [1.54, 1.807) is 23.7 Å². The molecule has 0 aromatic heterocycles. The highest BCUT2D eigenvalue weighted by Gasteiger charge is 2.30. The molecule has 2 aromatic rings. The average Bonchev–Trinajstić information content (AvgIpc) is 3.34. The fourth-order valence-corrected chi connectivity index (χ4v) is 4.79. The number of rotatable bonds is 4. The van der Waals surface area contributed by atoms with E-state index in [0.717, 1.165) is 29.2 Å². The molecule has 0 spiro atoms. The predicted octanol–water partition coefficient (Wildman–Crippen LogP) is 5.24. The number of amides is 1. The van der Waals surface area contributed by atoms with Gasteiger partial charge in [0.15, 0.2) is 5.17 Å². The topological polar surface area (TPSA) is 35.9 Å². The van der Waals surface area contributed by atoms with Crippen LogP contribution in [0.15, 0.2) is 63.3 Å². The number of aliphatic imine (C=N–C) groups is 1. The van der Waals surface area contributed by atoms with E-state index in [9.17, 15) is 4.79 Å². The maximum Gasteiger partial charge on any atom is 0.266 e. The van der Waals surface area contributed by atoms with E-state index < -0.39 is 0 Å². The summed E-state index contributed by atoms with van der Waals surface area (Å²) in [7, 11) is 1.78. The molecule has 2 fully saturated rings. The zero-order valence-corrected chi connectivity index (χ0v) is 17.7.